The Labute approximate surface area is 90.2 Å². The summed E-state index contributed by atoms with van der Waals surface area (Å²) in [6, 6.07) is 1.85. The van der Waals surface area contributed by atoms with Crippen molar-refractivity contribution in [3.05, 3.63) is 28.0 Å². The minimum atomic E-state index is 0.363. The highest BCUT2D eigenvalue weighted by Crippen LogP contribution is 2.24. The van der Waals surface area contributed by atoms with Crippen LogP contribution in [0.4, 0.5) is 0 Å². The molecule has 1 nitrogen and oxygen atoms in total. The molecule has 12 heavy (non-hydrogen) atoms. The van der Waals surface area contributed by atoms with E-state index in [2.05, 4.69) is 27.8 Å². The lowest BCUT2D eigenvalue weighted by atomic mass is 10.1. The number of hydrogen-bond donors (Lipinski definition) is 0. The van der Waals surface area contributed by atoms with Crippen LogP contribution in [0.15, 0.2) is 12.3 Å². The molecule has 1 aromatic rings. The Hall–Kier alpha value is 0.210. The monoisotopic (exact) mass is 267 g/mol. The van der Waals surface area contributed by atoms with E-state index in [0.29, 0.717) is 16.1 Å². The van der Waals surface area contributed by atoms with Crippen molar-refractivity contribution in [1.29, 1.82) is 0 Å². The average molecular weight is 269 g/mol. The number of rotatable bonds is 2. The molecule has 1 atom stereocenters. The zero-order valence-corrected chi connectivity index (χ0v) is 9.62. The summed E-state index contributed by atoms with van der Waals surface area (Å²) in [4.78, 5) is 3.96. The van der Waals surface area contributed by atoms with Gasteiger partial charge in [0.2, 0.25) is 0 Å². The second kappa shape index (κ2) is 4.45. The van der Waals surface area contributed by atoms with Gasteiger partial charge in [0.05, 0.1) is 5.02 Å². The number of alkyl halides is 1. The maximum absolute atomic E-state index is 5.81. The fourth-order valence-electron chi connectivity index (χ4n) is 0.795. The zero-order valence-electron chi connectivity index (χ0n) is 6.52. The quantitative estimate of drug-likeness (QED) is 0.586. The van der Waals surface area contributed by atoms with Crippen molar-refractivity contribution < 1.29 is 0 Å². The van der Waals surface area contributed by atoms with E-state index in [0.717, 1.165) is 10.9 Å². The van der Waals surface area contributed by atoms with Crippen molar-refractivity contribution in [1.82, 2.24) is 4.98 Å². The highest BCUT2D eigenvalue weighted by Gasteiger charge is 2.06. The van der Waals surface area contributed by atoms with Crippen LogP contribution in [0.1, 0.15) is 18.4 Å². The van der Waals surface area contributed by atoms with E-state index in [-0.39, 0.29) is 0 Å². The molecule has 1 rings (SSSR count). The molecule has 66 valence electrons. The molecule has 0 spiro atoms. The molecular weight excluding hydrogens is 261 g/mol. The summed E-state index contributed by atoms with van der Waals surface area (Å²) >= 11 is 14.9. The van der Waals surface area contributed by atoms with Crippen LogP contribution < -0.4 is 0 Å². The third kappa shape index (κ3) is 2.35. The van der Waals surface area contributed by atoms with E-state index in [1.807, 2.05) is 6.07 Å². The van der Waals surface area contributed by atoms with Crippen LogP contribution in [-0.2, 0) is 0 Å². The van der Waals surface area contributed by atoms with Gasteiger partial charge in [0.1, 0.15) is 5.15 Å². The van der Waals surface area contributed by atoms with E-state index in [4.69, 9.17) is 23.2 Å². The molecular formula is C8H8BrCl2N. The predicted octanol–water partition coefficient (Wildman–Crippen LogP) is 3.89. The van der Waals surface area contributed by atoms with E-state index in [1.165, 1.54) is 0 Å². The Kier molecular flexibility index (Phi) is 3.81. The first kappa shape index (κ1) is 10.3. The Morgan fingerprint density at radius 1 is 1.58 bits per heavy atom. The van der Waals surface area contributed by atoms with Crippen molar-refractivity contribution in [2.75, 3.05) is 5.33 Å². The van der Waals surface area contributed by atoms with Gasteiger partial charge in [-0.05, 0) is 17.5 Å². The number of halogens is 3. The van der Waals surface area contributed by atoms with Crippen LogP contribution in [0.5, 0.6) is 0 Å². The normalized spacial score (nSPS) is 13.0. The van der Waals surface area contributed by atoms with E-state index in [9.17, 15) is 0 Å². The van der Waals surface area contributed by atoms with Crippen LogP contribution in [0.25, 0.3) is 0 Å². The second-order valence-corrected chi connectivity index (χ2v) is 4.01. The predicted molar refractivity (Wildman–Crippen MR) is 56.5 cm³/mol. The summed E-state index contributed by atoms with van der Waals surface area (Å²) < 4.78 is 0. The Morgan fingerprint density at radius 3 is 2.75 bits per heavy atom. The van der Waals surface area contributed by atoms with Gasteiger partial charge in [-0.3, -0.25) is 0 Å². The standard InChI is InChI=1S/C8H8BrCl2N/c1-5(3-9)6-2-7(10)8(11)12-4-6/h2,4-5H,3H2,1H3. The highest BCUT2D eigenvalue weighted by atomic mass is 79.9. The molecule has 0 radical (unpaired) electrons. The second-order valence-electron chi connectivity index (χ2n) is 2.60. The van der Waals surface area contributed by atoms with Gasteiger partial charge in [0.15, 0.2) is 0 Å². The summed E-state index contributed by atoms with van der Waals surface area (Å²) in [7, 11) is 0. The van der Waals surface area contributed by atoms with Gasteiger partial charge in [-0.1, -0.05) is 46.1 Å². The lowest BCUT2D eigenvalue weighted by molar-refractivity contribution is 0.879. The fraction of sp³-hybridized carbons (Fsp3) is 0.375. The first-order valence-corrected chi connectivity index (χ1v) is 5.39. The number of aromatic nitrogens is 1. The maximum Gasteiger partial charge on any atom is 0.147 e. The molecule has 0 aliphatic carbocycles. The molecule has 0 aliphatic rings. The fourth-order valence-corrected chi connectivity index (χ4v) is 1.45. The number of hydrogen-bond acceptors (Lipinski definition) is 1. The minimum absolute atomic E-state index is 0.363. The van der Waals surface area contributed by atoms with Crippen molar-refractivity contribution in [3.8, 4) is 0 Å². The van der Waals surface area contributed by atoms with Gasteiger partial charge >= 0.3 is 0 Å². The molecule has 0 saturated heterocycles. The molecule has 1 aromatic heterocycles. The van der Waals surface area contributed by atoms with Crippen LogP contribution in [-0.4, -0.2) is 10.3 Å². The van der Waals surface area contributed by atoms with Crippen molar-refractivity contribution in [3.63, 3.8) is 0 Å². The van der Waals surface area contributed by atoms with Gasteiger partial charge in [-0.25, -0.2) is 4.98 Å². The Balaban J connectivity index is 2.96. The minimum Gasteiger partial charge on any atom is -0.243 e. The lowest BCUT2D eigenvalue weighted by Crippen LogP contribution is -1.95. The molecule has 0 bridgehead atoms. The van der Waals surface area contributed by atoms with E-state index < -0.39 is 0 Å². The summed E-state index contributed by atoms with van der Waals surface area (Å²) in [5.74, 6) is 0.410. The summed E-state index contributed by atoms with van der Waals surface area (Å²) in [6.45, 7) is 2.09. The zero-order chi connectivity index (χ0) is 9.14. The first-order chi connectivity index (χ1) is 5.65. The van der Waals surface area contributed by atoms with Crippen LogP contribution >= 0.6 is 39.1 Å². The van der Waals surface area contributed by atoms with Gasteiger partial charge in [0.25, 0.3) is 0 Å². The van der Waals surface area contributed by atoms with Gasteiger partial charge in [0, 0.05) is 11.5 Å². The van der Waals surface area contributed by atoms with Crippen molar-refractivity contribution in [2.24, 2.45) is 0 Å². The number of pyridine rings is 1. The third-order valence-electron chi connectivity index (χ3n) is 1.62. The summed E-state index contributed by atoms with van der Waals surface area (Å²) in [5.41, 5.74) is 1.10. The van der Waals surface area contributed by atoms with Crippen LogP contribution in [0, 0.1) is 0 Å². The van der Waals surface area contributed by atoms with Gasteiger partial charge in [-0.2, -0.15) is 0 Å². The highest BCUT2D eigenvalue weighted by molar-refractivity contribution is 9.09. The van der Waals surface area contributed by atoms with E-state index >= 15 is 0 Å². The molecule has 0 fully saturated rings. The smallest absolute Gasteiger partial charge is 0.147 e. The van der Waals surface area contributed by atoms with Gasteiger partial charge < -0.3 is 0 Å². The average Bonchev–Trinajstić information content (AvgIpc) is 2.08. The first-order valence-electron chi connectivity index (χ1n) is 3.52. The maximum atomic E-state index is 5.81. The summed E-state index contributed by atoms with van der Waals surface area (Å²) in [6.07, 6.45) is 1.75. The molecule has 0 saturated carbocycles. The largest absolute Gasteiger partial charge is 0.243 e. The molecule has 0 amide bonds. The third-order valence-corrected chi connectivity index (χ3v) is 3.28. The molecule has 1 heterocycles. The summed E-state index contributed by atoms with van der Waals surface area (Å²) in [5, 5.41) is 1.77. The van der Waals surface area contributed by atoms with Crippen molar-refractivity contribution in [2.45, 2.75) is 12.8 Å². The number of nitrogens with zero attached hydrogens (tertiary/aromatic N) is 1. The van der Waals surface area contributed by atoms with Crippen LogP contribution in [0.2, 0.25) is 10.2 Å². The van der Waals surface area contributed by atoms with E-state index in [1.54, 1.807) is 6.20 Å². The lowest BCUT2D eigenvalue weighted by Gasteiger charge is -2.07. The molecule has 1 unspecified atom stereocenters. The Morgan fingerprint density at radius 2 is 2.25 bits per heavy atom. The topological polar surface area (TPSA) is 12.9 Å². The molecule has 0 aromatic carbocycles. The molecule has 0 N–H and O–H groups in total. The molecule has 4 heteroatoms. The molecule has 0 aliphatic heterocycles. The van der Waals surface area contributed by atoms with Gasteiger partial charge in [-0.15, -0.1) is 0 Å². The van der Waals surface area contributed by atoms with Crippen LogP contribution in [0.3, 0.4) is 0 Å². The SMILES string of the molecule is CC(CBr)c1cnc(Cl)c(Cl)c1. The van der Waals surface area contributed by atoms with Crippen molar-refractivity contribution >= 4 is 39.1 Å². The Bertz CT molecular complexity index is 278.